The SMILES string of the molecule is c1ccc(C2OC(c3ccccc3)OC(c3ccccc3)O2)cc1. The third kappa shape index (κ3) is 3.24. The zero-order chi connectivity index (χ0) is 16.2. The average Bonchev–Trinajstić information content (AvgIpc) is 2.70. The summed E-state index contributed by atoms with van der Waals surface area (Å²) in [5, 5.41) is 0. The van der Waals surface area contributed by atoms with Crippen LogP contribution in [0.15, 0.2) is 91.0 Å². The normalized spacial score (nSPS) is 23.8. The molecule has 3 aromatic carbocycles. The molecule has 1 aliphatic rings. The summed E-state index contributed by atoms with van der Waals surface area (Å²) < 4.78 is 18.2. The predicted molar refractivity (Wildman–Crippen MR) is 90.8 cm³/mol. The molecule has 3 aromatic rings. The second-order valence-electron chi connectivity index (χ2n) is 5.64. The van der Waals surface area contributed by atoms with E-state index in [1.165, 1.54) is 0 Å². The molecule has 0 unspecified atom stereocenters. The molecule has 0 atom stereocenters. The summed E-state index contributed by atoms with van der Waals surface area (Å²) in [7, 11) is 0. The minimum absolute atomic E-state index is 0.477. The van der Waals surface area contributed by atoms with Gasteiger partial charge >= 0.3 is 0 Å². The first kappa shape index (κ1) is 15.1. The van der Waals surface area contributed by atoms with E-state index in [1.807, 2.05) is 91.0 Å². The number of ether oxygens (including phenoxy) is 3. The lowest BCUT2D eigenvalue weighted by atomic mass is 10.1. The van der Waals surface area contributed by atoms with Crippen molar-refractivity contribution < 1.29 is 14.2 Å². The van der Waals surface area contributed by atoms with Crippen molar-refractivity contribution >= 4 is 0 Å². The Balaban J connectivity index is 1.66. The van der Waals surface area contributed by atoms with Crippen LogP contribution in [0, 0.1) is 0 Å². The van der Waals surface area contributed by atoms with Crippen molar-refractivity contribution in [3.05, 3.63) is 108 Å². The van der Waals surface area contributed by atoms with E-state index in [0.717, 1.165) is 16.7 Å². The zero-order valence-corrected chi connectivity index (χ0v) is 13.1. The van der Waals surface area contributed by atoms with E-state index in [4.69, 9.17) is 14.2 Å². The minimum atomic E-state index is -0.477. The van der Waals surface area contributed by atoms with Crippen LogP contribution in [-0.2, 0) is 14.2 Å². The Bertz CT molecular complexity index is 645. The van der Waals surface area contributed by atoms with E-state index in [0.29, 0.717) is 0 Å². The van der Waals surface area contributed by atoms with Gasteiger partial charge in [-0.25, -0.2) is 0 Å². The number of rotatable bonds is 3. The van der Waals surface area contributed by atoms with Crippen LogP contribution in [0.2, 0.25) is 0 Å². The first-order chi connectivity index (χ1) is 11.9. The van der Waals surface area contributed by atoms with E-state index in [2.05, 4.69) is 0 Å². The Morgan fingerprint density at radius 3 is 0.875 bits per heavy atom. The maximum Gasteiger partial charge on any atom is 0.190 e. The molecule has 1 heterocycles. The summed E-state index contributed by atoms with van der Waals surface area (Å²) in [6.07, 6.45) is -1.43. The van der Waals surface area contributed by atoms with Crippen molar-refractivity contribution in [3.63, 3.8) is 0 Å². The Kier molecular flexibility index (Phi) is 4.38. The summed E-state index contributed by atoms with van der Waals surface area (Å²) in [5.74, 6) is 0. The molecule has 1 fully saturated rings. The van der Waals surface area contributed by atoms with Crippen LogP contribution in [0.1, 0.15) is 35.6 Å². The van der Waals surface area contributed by atoms with E-state index < -0.39 is 18.9 Å². The Morgan fingerprint density at radius 1 is 0.375 bits per heavy atom. The van der Waals surface area contributed by atoms with Gasteiger partial charge in [0.1, 0.15) is 0 Å². The highest BCUT2D eigenvalue weighted by Crippen LogP contribution is 2.41. The fourth-order valence-electron chi connectivity index (χ4n) is 2.73. The molecule has 0 radical (unpaired) electrons. The zero-order valence-electron chi connectivity index (χ0n) is 13.1. The van der Waals surface area contributed by atoms with Crippen LogP contribution in [0.3, 0.4) is 0 Å². The molecule has 120 valence electrons. The predicted octanol–water partition coefficient (Wildman–Crippen LogP) is 5.15. The number of benzene rings is 3. The van der Waals surface area contributed by atoms with Gasteiger partial charge in [-0.05, 0) is 0 Å². The van der Waals surface area contributed by atoms with Crippen LogP contribution in [0.25, 0.3) is 0 Å². The van der Waals surface area contributed by atoms with Gasteiger partial charge in [0.05, 0.1) is 0 Å². The van der Waals surface area contributed by atoms with Gasteiger partial charge in [-0.15, -0.1) is 0 Å². The highest BCUT2D eigenvalue weighted by atomic mass is 16.9. The van der Waals surface area contributed by atoms with Crippen molar-refractivity contribution in [1.29, 1.82) is 0 Å². The minimum Gasteiger partial charge on any atom is -0.315 e. The lowest BCUT2D eigenvalue weighted by Gasteiger charge is -2.36. The molecule has 0 bridgehead atoms. The van der Waals surface area contributed by atoms with Gasteiger partial charge < -0.3 is 14.2 Å². The molecule has 0 aromatic heterocycles. The second kappa shape index (κ2) is 6.97. The van der Waals surface area contributed by atoms with Gasteiger partial charge in [-0.2, -0.15) is 0 Å². The van der Waals surface area contributed by atoms with E-state index in [9.17, 15) is 0 Å². The largest absolute Gasteiger partial charge is 0.315 e. The van der Waals surface area contributed by atoms with Crippen LogP contribution in [0.4, 0.5) is 0 Å². The molecular formula is C21H18O3. The van der Waals surface area contributed by atoms with Gasteiger partial charge in [-0.1, -0.05) is 91.0 Å². The fraction of sp³-hybridized carbons (Fsp3) is 0.143. The molecule has 0 saturated carbocycles. The van der Waals surface area contributed by atoms with Crippen molar-refractivity contribution in [3.8, 4) is 0 Å². The quantitative estimate of drug-likeness (QED) is 0.668. The molecule has 1 saturated heterocycles. The van der Waals surface area contributed by atoms with Crippen LogP contribution in [-0.4, -0.2) is 0 Å². The first-order valence-electron chi connectivity index (χ1n) is 8.01. The number of hydrogen-bond acceptors (Lipinski definition) is 3. The molecular weight excluding hydrogens is 300 g/mol. The maximum atomic E-state index is 6.07. The van der Waals surface area contributed by atoms with Crippen LogP contribution < -0.4 is 0 Å². The van der Waals surface area contributed by atoms with Gasteiger partial charge in [0, 0.05) is 16.7 Å². The van der Waals surface area contributed by atoms with Gasteiger partial charge in [-0.3, -0.25) is 0 Å². The van der Waals surface area contributed by atoms with Crippen molar-refractivity contribution in [2.24, 2.45) is 0 Å². The highest BCUT2D eigenvalue weighted by Gasteiger charge is 2.33. The summed E-state index contributed by atoms with van der Waals surface area (Å²) >= 11 is 0. The third-order valence-electron chi connectivity index (χ3n) is 3.96. The Hall–Kier alpha value is -2.46. The van der Waals surface area contributed by atoms with Crippen molar-refractivity contribution in [1.82, 2.24) is 0 Å². The summed E-state index contributed by atoms with van der Waals surface area (Å²) in [6.45, 7) is 0. The lowest BCUT2D eigenvalue weighted by Crippen LogP contribution is -2.27. The fourth-order valence-corrected chi connectivity index (χ4v) is 2.73. The smallest absolute Gasteiger partial charge is 0.190 e. The van der Waals surface area contributed by atoms with Gasteiger partial charge in [0.25, 0.3) is 0 Å². The summed E-state index contributed by atoms with van der Waals surface area (Å²) in [5.41, 5.74) is 2.92. The summed E-state index contributed by atoms with van der Waals surface area (Å²) in [6, 6.07) is 29.8. The second-order valence-corrected chi connectivity index (χ2v) is 5.64. The molecule has 0 N–H and O–H groups in total. The van der Waals surface area contributed by atoms with E-state index >= 15 is 0 Å². The standard InChI is InChI=1S/C21H18O3/c1-4-10-16(11-5-1)19-22-20(17-12-6-2-7-13-17)24-21(23-19)18-14-8-3-9-15-18/h1-15,19-21H. The number of hydrogen-bond donors (Lipinski definition) is 0. The molecule has 1 aliphatic heterocycles. The topological polar surface area (TPSA) is 27.7 Å². The third-order valence-corrected chi connectivity index (χ3v) is 3.96. The molecule has 3 heteroatoms. The van der Waals surface area contributed by atoms with Gasteiger partial charge in [0.15, 0.2) is 18.9 Å². The molecule has 24 heavy (non-hydrogen) atoms. The monoisotopic (exact) mass is 318 g/mol. The van der Waals surface area contributed by atoms with E-state index in [1.54, 1.807) is 0 Å². The molecule has 0 spiro atoms. The molecule has 0 aliphatic carbocycles. The average molecular weight is 318 g/mol. The van der Waals surface area contributed by atoms with Crippen molar-refractivity contribution in [2.45, 2.75) is 18.9 Å². The van der Waals surface area contributed by atoms with Crippen molar-refractivity contribution in [2.75, 3.05) is 0 Å². The lowest BCUT2D eigenvalue weighted by molar-refractivity contribution is -0.397. The molecule has 4 rings (SSSR count). The molecule has 0 amide bonds. The van der Waals surface area contributed by atoms with Gasteiger partial charge in [0.2, 0.25) is 0 Å². The molecule has 3 nitrogen and oxygen atoms in total. The van der Waals surface area contributed by atoms with Crippen LogP contribution in [0.5, 0.6) is 0 Å². The Labute approximate surface area is 141 Å². The maximum absolute atomic E-state index is 6.07. The van der Waals surface area contributed by atoms with E-state index in [-0.39, 0.29) is 0 Å². The first-order valence-corrected chi connectivity index (χ1v) is 8.01. The van der Waals surface area contributed by atoms with Crippen LogP contribution >= 0.6 is 0 Å². The Morgan fingerprint density at radius 2 is 0.625 bits per heavy atom. The summed E-state index contributed by atoms with van der Waals surface area (Å²) in [4.78, 5) is 0. The highest BCUT2D eigenvalue weighted by molar-refractivity contribution is 5.21.